The van der Waals surface area contributed by atoms with Crippen LogP contribution in [0.3, 0.4) is 0 Å². The number of anilines is 1. The van der Waals surface area contributed by atoms with Crippen molar-refractivity contribution in [1.29, 1.82) is 0 Å². The van der Waals surface area contributed by atoms with Crippen molar-refractivity contribution in [3.63, 3.8) is 0 Å². The fourth-order valence-corrected chi connectivity index (χ4v) is 2.70. The third-order valence-electron chi connectivity index (χ3n) is 3.26. The van der Waals surface area contributed by atoms with Gasteiger partial charge in [-0.3, -0.25) is 4.79 Å². The van der Waals surface area contributed by atoms with E-state index in [1.165, 1.54) is 16.2 Å². The van der Waals surface area contributed by atoms with Gasteiger partial charge >= 0.3 is 6.03 Å². The number of urea groups is 1. The average molecular weight is 362 g/mol. The monoisotopic (exact) mass is 362 g/mol. The van der Waals surface area contributed by atoms with E-state index < -0.39 is 0 Å². The van der Waals surface area contributed by atoms with E-state index in [1.807, 2.05) is 19.2 Å². The SMILES string of the molecule is CCOc1ccc(NC(=O)CNC(=O)N(C)Cc2csc(C)n2)cc1. The molecule has 2 aromatic rings. The lowest BCUT2D eigenvalue weighted by Crippen LogP contribution is -2.40. The van der Waals surface area contributed by atoms with Crippen molar-refractivity contribution in [2.45, 2.75) is 20.4 Å². The van der Waals surface area contributed by atoms with Crippen LogP contribution < -0.4 is 15.4 Å². The van der Waals surface area contributed by atoms with Gasteiger partial charge in [-0.2, -0.15) is 0 Å². The molecule has 1 aromatic carbocycles. The van der Waals surface area contributed by atoms with Crippen molar-refractivity contribution < 1.29 is 14.3 Å². The number of aryl methyl sites for hydroxylation is 1. The first-order chi connectivity index (χ1) is 12.0. The predicted octanol–water partition coefficient (Wildman–Crippen LogP) is 2.63. The zero-order valence-electron chi connectivity index (χ0n) is 14.5. The zero-order valence-corrected chi connectivity index (χ0v) is 15.4. The van der Waals surface area contributed by atoms with Gasteiger partial charge in [-0.15, -0.1) is 11.3 Å². The minimum atomic E-state index is -0.326. The quantitative estimate of drug-likeness (QED) is 0.793. The normalized spacial score (nSPS) is 10.2. The number of thiazole rings is 1. The van der Waals surface area contributed by atoms with Gasteiger partial charge in [0, 0.05) is 18.1 Å². The van der Waals surface area contributed by atoms with Crippen molar-refractivity contribution in [2.24, 2.45) is 0 Å². The Morgan fingerprint density at radius 2 is 2.00 bits per heavy atom. The van der Waals surface area contributed by atoms with E-state index in [4.69, 9.17) is 4.74 Å². The molecule has 3 amide bonds. The summed E-state index contributed by atoms with van der Waals surface area (Å²) in [6.07, 6.45) is 0. The van der Waals surface area contributed by atoms with Crippen molar-refractivity contribution >= 4 is 29.0 Å². The summed E-state index contributed by atoms with van der Waals surface area (Å²) in [6.45, 7) is 4.71. The minimum absolute atomic E-state index is 0.105. The molecule has 0 unspecified atom stereocenters. The Bertz CT molecular complexity index is 715. The Morgan fingerprint density at radius 1 is 1.28 bits per heavy atom. The van der Waals surface area contributed by atoms with Crippen LogP contribution in [-0.4, -0.2) is 42.0 Å². The topological polar surface area (TPSA) is 83.6 Å². The molecule has 0 atom stereocenters. The Hall–Kier alpha value is -2.61. The summed E-state index contributed by atoms with van der Waals surface area (Å²) in [4.78, 5) is 29.7. The Morgan fingerprint density at radius 3 is 2.60 bits per heavy atom. The van der Waals surface area contributed by atoms with Crippen LogP contribution in [0.1, 0.15) is 17.6 Å². The smallest absolute Gasteiger partial charge is 0.317 e. The number of carbonyl (C=O) groups is 2. The zero-order chi connectivity index (χ0) is 18.2. The molecule has 0 fully saturated rings. The summed E-state index contributed by atoms with van der Waals surface area (Å²) in [6, 6.07) is 6.73. The van der Waals surface area contributed by atoms with E-state index in [9.17, 15) is 9.59 Å². The number of amides is 3. The minimum Gasteiger partial charge on any atom is -0.494 e. The molecule has 7 nitrogen and oxygen atoms in total. The molecule has 0 spiro atoms. The van der Waals surface area contributed by atoms with Gasteiger partial charge in [0.25, 0.3) is 0 Å². The molecule has 1 heterocycles. The van der Waals surface area contributed by atoms with Gasteiger partial charge in [-0.25, -0.2) is 9.78 Å². The summed E-state index contributed by atoms with van der Waals surface area (Å²) >= 11 is 1.54. The van der Waals surface area contributed by atoms with Gasteiger partial charge in [0.15, 0.2) is 0 Å². The lowest BCUT2D eigenvalue weighted by molar-refractivity contribution is -0.115. The second-order valence-electron chi connectivity index (χ2n) is 5.38. The standard InChI is InChI=1S/C17H22N4O3S/c1-4-24-15-7-5-13(6-8-15)20-16(22)9-18-17(23)21(3)10-14-11-25-12(2)19-14/h5-8,11H,4,9-10H2,1-3H3,(H,18,23)(H,20,22). The molecular weight excluding hydrogens is 340 g/mol. The summed E-state index contributed by atoms with van der Waals surface area (Å²) in [5.74, 6) is 0.447. The van der Waals surface area contributed by atoms with Crippen molar-refractivity contribution in [3.8, 4) is 5.75 Å². The first-order valence-corrected chi connectivity index (χ1v) is 8.78. The molecule has 134 valence electrons. The van der Waals surface area contributed by atoms with Crippen molar-refractivity contribution in [3.05, 3.63) is 40.3 Å². The van der Waals surface area contributed by atoms with Crippen LogP contribution in [-0.2, 0) is 11.3 Å². The lowest BCUT2D eigenvalue weighted by Gasteiger charge is -2.16. The molecule has 2 rings (SSSR count). The van der Waals surface area contributed by atoms with Crippen LogP contribution in [0.5, 0.6) is 5.75 Å². The molecule has 0 saturated heterocycles. The van der Waals surface area contributed by atoms with E-state index in [2.05, 4.69) is 15.6 Å². The molecule has 0 aliphatic heterocycles. The number of hydrogen-bond donors (Lipinski definition) is 2. The Balaban J connectivity index is 1.75. The molecule has 1 aromatic heterocycles. The van der Waals surface area contributed by atoms with Crippen LogP contribution >= 0.6 is 11.3 Å². The van der Waals surface area contributed by atoms with Crippen LogP contribution in [0.25, 0.3) is 0 Å². The van der Waals surface area contributed by atoms with Gasteiger partial charge in [-0.1, -0.05) is 0 Å². The predicted molar refractivity (Wildman–Crippen MR) is 98.0 cm³/mol. The molecular formula is C17H22N4O3S. The van der Waals surface area contributed by atoms with Gasteiger partial charge in [-0.05, 0) is 38.1 Å². The highest BCUT2D eigenvalue weighted by Gasteiger charge is 2.12. The van der Waals surface area contributed by atoms with Crippen LogP contribution in [0, 0.1) is 6.92 Å². The third-order valence-corrected chi connectivity index (χ3v) is 4.08. The fraction of sp³-hybridized carbons (Fsp3) is 0.353. The van der Waals surface area contributed by atoms with E-state index in [0.29, 0.717) is 18.8 Å². The number of hydrogen-bond acceptors (Lipinski definition) is 5. The lowest BCUT2D eigenvalue weighted by atomic mass is 10.3. The van der Waals surface area contributed by atoms with Crippen molar-refractivity contribution in [2.75, 3.05) is 25.5 Å². The molecule has 0 bridgehead atoms. The molecule has 0 aliphatic carbocycles. The second-order valence-corrected chi connectivity index (χ2v) is 6.44. The number of carbonyl (C=O) groups excluding carboxylic acids is 2. The number of aromatic nitrogens is 1. The van der Waals surface area contributed by atoms with E-state index >= 15 is 0 Å². The number of rotatable bonds is 7. The summed E-state index contributed by atoms with van der Waals surface area (Å²) < 4.78 is 5.34. The largest absolute Gasteiger partial charge is 0.494 e. The fourth-order valence-electron chi connectivity index (χ4n) is 2.09. The number of nitrogens with zero attached hydrogens (tertiary/aromatic N) is 2. The molecule has 8 heteroatoms. The van der Waals surface area contributed by atoms with Gasteiger partial charge in [0.05, 0.1) is 30.4 Å². The highest BCUT2D eigenvalue weighted by atomic mass is 32.1. The first-order valence-electron chi connectivity index (χ1n) is 7.90. The van der Waals surface area contributed by atoms with E-state index in [-0.39, 0.29) is 18.5 Å². The van der Waals surface area contributed by atoms with Crippen molar-refractivity contribution in [1.82, 2.24) is 15.2 Å². The maximum atomic E-state index is 12.0. The number of benzene rings is 1. The van der Waals surface area contributed by atoms with E-state index in [0.717, 1.165) is 16.5 Å². The van der Waals surface area contributed by atoms with Crippen LogP contribution in [0.4, 0.5) is 10.5 Å². The van der Waals surface area contributed by atoms with Crippen LogP contribution in [0.15, 0.2) is 29.6 Å². The number of ether oxygens (including phenoxy) is 1. The average Bonchev–Trinajstić information content (AvgIpc) is 2.99. The summed E-state index contributed by atoms with van der Waals surface area (Å²) in [5.41, 5.74) is 1.48. The van der Waals surface area contributed by atoms with E-state index in [1.54, 1.807) is 31.3 Å². The molecule has 0 radical (unpaired) electrons. The Labute approximate surface area is 151 Å². The highest BCUT2D eigenvalue weighted by molar-refractivity contribution is 7.09. The van der Waals surface area contributed by atoms with Crippen LogP contribution in [0.2, 0.25) is 0 Å². The van der Waals surface area contributed by atoms with Gasteiger partial charge in [0.2, 0.25) is 5.91 Å². The highest BCUT2D eigenvalue weighted by Crippen LogP contribution is 2.15. The molecule has 2 N–H and O–H groups in total. The molecule has 0 saturated carbocycles. The second kappa shape index (κ2) is 9.03. The molecule has 25 heavy (non-hydrogen) atoms. The third kappa shape index (κ3) is 6.07. The Kier molecular flexibility index (Phi) is 6.76. The molecule has 0 aliphatic rings. The maximum absolute atomic E-state index is 12.0. The maximum Gasteiger partial charge on any atom is 0.317 e. The number of nitrogens with one attached hydrogen (secondary N) is 2. The summed E-state index contributed by atoms with van der Waals surface area (Å²) in [7, 11) is 1.66. The first kappa shape index (κ1) is 18.7. The summed E-state index contributed by atoms with van der Waals surface area (Å²) in [5, 5.41) is 8.18. The van der Waals surface area contributed by atoms with Gasteiger partial charge < -0.3 is 20.3 Å². The van der Waals surface area contributed by atoms with Gasteiger partial charge in [0.1, 0.15) is 5.75 Å².